The van der Waals surface area contributed by atoms with Gasteiger partial charge in [0.1, 0.15) is 12.4 Å². The van der Waals surface area contributed by atoms with Crippen LogP contribution in [0.25, 0.3) is 0 Å². The van der Waals surface area contributed by atoms with E-state index in [1.54, 1.807) is 23.7 Å². The molecule has 1 heterocycles. The summed E-state index contributed by atoms with van der Waals surface area (Å²) in [7, 11) is 0. The van der Waals surface area contributed by atoms with Crippen LogP contribution in [0.2, 0.25) is 0 Å². The fourth-order valence-electron chi connectivity index (χ4n) is 2.93. The molecule has 6 heteroatoms. The van der Waals surface area contributed by atoms with E-state index in [2.05, 4.69) is 10.3 Å². The van der Waals surface area contributed by atoms with Gasteiger partial charge < -0.3 is 15.2 Å². The van der Waals surface area contributed by atoms with E-state index in [0.717, 1.165) is 37.8 Å². The Bertz CT molecular complexity index is 667. The summed E-state index contributed by atoms with van der Waals surface area (Å²) in [5, 5.41) is 15.2. The first-order chi connectivity index (χ1) is 11.6. The van der Waals surface area contributed by atoms with Gasteiger partial charge in [-0.1, -0.05) is 25.3 Å². The van der Waals surface area contributed by atoms with Gasteiger partial charge in [-0.05, 0) is 31.0 Å². The molecule has 1 aromatic carbocycles. The van der Waals surface area contributed by atoms with Gasteiger partial charge in [0.25, 0.3) is 5.91 Å². The number of amides is 1. The quantitative estimate of drug-likeness (QED) is 0.843. The van der Waals surface area contributed by atoms with Crippen LogP contribution in [0.5, 0.6) is 5.75 Å². The first kappa shape index (κ1) is 16.9. The Hall–Kier alpha value is -1.92. The molecule has 0 spiro atoms. The van der Waals surface area contributed by atoms with E-state index in [1.807, 2.05) is 11.4 Å². The summed E-state index contributed by atoms with van der Waals surface area (Å²) in [6.45, 7) is 0.685. The number of benzene rings is 1. The lowest BCUT2D eigenvalue weighted by Gasteiger charge is -2.32. The fourth-order valence-corrected chi connectivity index (χ4v) is 3.47. The van der Waals surface area contributed by atoms with Gasteiger partial charge in [-0.15, -0.1) is 11.3 Å². The number of aliphatic hydroxyl groups is 1. The molecule has 0 saturated heterocycles. The van der Waals surface area contributed by atoms with Crippen LogP contribution < -0.4 is 10.1 Å². The second kappa shape index (κ2) is 7.77. The smallest absolute Gasteiger partial charge is 0.251 e. The van der Waals surface area contributed by atoms with Gasteiger partial charge in [0.15, 0.2) is 0 Å². The van der Waals surface area contributed by atoms with E-state index >= 15 is 0 Å². The average molecular weight is 346 g/mol. The molecule has 1 amide bonds. The van der Waals surface area contributed by atoms with Crippen LogP contribution in [-0.2, 0) is 6.61 Å². The molecule has 1 aromatic heterocycles. The van der Waals surface area contributed by atoms with E-state index in [1.165, 1.54) is 11.3 Å². The minimum Gasteiger partial charge on any atom is -0.487 e. The number of nitrogens with one attached hydrogen (secondary N) is 1. The Morgan fingerprint density at radius 3 is 2.92 bits per heavy atom. The molecule has 1 aliphatic carbocycles. The van der Waals surface area contributed by atoms with Crippen LogP contribution in [0.3, 0.4) is 0 Å². The van der Waals surface area contributed by atoms with E-state index in [4.69, 9.17) is 4.74 Å². The summed E-state index contributed by atoms with van der Waals surface area (Å²) < 4.78 is 5.67. The molecule has 1 saturated carbocycles. The van der Waals surface area contributed by atoms with Gasteiger partial charge in [0, 0.05) is 17.5 Å². The number of aromatic nitrogens is 1. The molecule has 0 radical (unpaired) electrons. The normalized spacial score (nSPS) is 16.5. The van der Waals surface area contributed by atoms with Gasteiger partial charge in [-0.2, -0.15) is 0 Å². The number of nitrogens with zero attached hydrogens (tertiary/aromatic N) is 1. The fraction of sp³-hybridized carbons (Fsp3) is 0.444. The van der Waals surface area contributed by atoms with Gasteiger partial charge in [-0.25, -0.2) is 4.98 Å². The molecule has 0 unspecified atom stereocenters. The predicted molar refractivity (Wildman–Crippen MR) is 93.3 cm³/mol. The molecule has 128 valence electrons. The summed E-state index contributed by atoms with van der Waals surface area (Å²) in [6, 6.07) is 7.07. The van der Waals surface area contributed by atoms with Crippen LogP contribution in [0.4, 0.5) is 0 Å². The van der Waals surface area contributed by atoms with Gasteiger partial charge in [0.2, 0.25) is 0 Å². The molecule has 0 aliphatic heterocycles. The Kier molecular flexibility index (Phi) is 5.48. The van der Waals surface area contributed by atoms with Crippen LogP contribution >= 0.6 is 11.3 Å². The third-order valence-corrected chi connectivity index (χ3v) is 4.96. The van der Waals surface area contributed by atoms with Crippen LogP contribution in [0.15, 0.2) is 35.2 Å². The number of ether oxygens (including phenoxy) is 1. The lowest BCUT2D eigenvalue weighted by atomic mass is 9.85. The van der Waals surface area contributed by atoms with Crippen molar-refractivity contribution in [2.24, 2.45) is 0 Å². The van der Waals surface area contributed by atoms with E-state index in [-0.39, 0.29) is 5.91 Å². The van der Waals surface area contributed by atoms with Crippen molar-refractivity contribution in [3.63, 3.8) is 0 Å². The summed E-state index contributed by atoms with van der Waals surface area (Å²) in [4.78, 5) is 16.5. The van der Waals surface area contributed by atoms with Crippen molar-refractivity contribution in [2.45, 2.75) is 44.3 Å². The maximum absolute atomic E-state index is 12.3. The van der Waals surface area contributed by atoms with E-state index in [9.17, 15) is 9.90 Å². The zero-order chi connectivity index (χ0) is 16.8. The third kappa shape index (κ3) is 4.55. The summed E-state index contributed by atoms with van der Waals surface area (Å²) in [5.41, 5.74) is 2.41. The molecular formula is C18H22N2O3S. The topological polar surface area (TPSA) is 71.5 Å². The average Bonchev–Trinajstić information content (AvgIpc) is 3.12. The van der Waals surface area contributed by atoms with Crippen molar-refractivity contribution in [1.82, 2.24) is 10.3 Å². The number of hydrogen-bond donors (Lipinski definition) is 2. The minimum absolute atomic E-state index is 0.187. The predicted octanol–water partition coefficient (Wildman–Crippen LogP) is 3.15. The number of carbonyl (C=O) groups excluding carboxylic acids is 1. The van der Waals surface area contributed by atoms with Crippen LogP contribution in [0.1, 0.15) is 48.2 Å². The highest BCUT2D eigenvalue weighted by Gasteiger charge is 2.29. The molecule has 2 N–H and O–H groups in total. The number of hydrogen-bond acceptors (Lipinski definition) is 5. The molecule has 0 bridgehead atoms. The standard InChI is InChI=1S/C18H22N2O3S/c21-17(19-12-18(22)7-2-1-3-8-18)14-5-4-6-16(9-14)23-10-15-11-24-13-20-15/h4-6,9,11,13,22H,1-3,7-8,10,12H2,(H,19,21). The number of thiazole rings is 1. The van der Waals surface area contributed by atoms with Crippen molar-refractivity contribution >= 4 is 17.2 Å². The second-order valence-corrected chi connectivity index (χ2v) is 6.98. The molecule has 5 nitrogen and oxygen atoms in total. The summed E-state index contributed by atoms with van der Waals surface area (Å²) >= 11 is 1.52. The largest absolute Gasteiger partial charge is 0.487 e. The first-order valence-corrected chi connectivity index (χ1v) is 9.19. The molecule has 1 aliphatic rings. The molecule has 1 fully saturated rings. The Labute approximate surface area is 145 Å². The van der Waals surface area contributed by atoms with Crippen LogP contribution in [0, 0.1) is 0 Å². The van der Waals surface area contributed by atoms with Gasteiger partial charge in [0.05, 0.1) is 16.8 Å². The SMILES string of the molecule is O=C(NCC1(O)CCCCC1)c1cccc(OCc2cscn2)c1. The minimum atomic E-state index is -0.757. The Morgan fingerprint density at radius 1 is 1.33 bits per heavy atom. The second-order valence-electron chi connectivity index (χ2n) is 6.26. The summed E-state index contributed by atoms with van der Waals surface area (Å²) in [6.07, 6.45) is 4.71. The molecule has 3 rings (SSSR count). The third-order valence-electron chi connectivity index (χ3n) is 4.33. The lowest BCUT2D eigenvalue weighted by molar-refractivity contribution is 0.00525. The van der Waals surface area contributed by atoms with Crippen molar-refractivity contribution in [3.8, 4) is 5.75 Å². The van der Waals surface area contributed by atoms with Crippen molar-refractivity contribution < 1.29 is 14.6 Å². The zero-order valence-electron chi connectivity index (χ0n) is 13.5. The number of rotatable bonds is 6. The molecule has 24 heavy (non-hydrogen) atoms. The highest BCUT2D eigenvalue weighted by atomic mass is 32.1. The van der Waals surface area contributed by atoms with Gasteiger partial charge in [-0.3, -0.25) is 4.79 Å². The van der Waals surface area contributed by atoms with Crippen molar-refractivity contribution in [1.29, 1.82) is 0 Å². The zero-order valence-corrected chi connectivity index (χ0v) is 14.3. The lowest BCUT2D eigenvalue weighted by Crippen LogP contribution is -2.44. The van der Waals surface area contributed by atoms with E-state index in [0.29, 0.717) is 24.5 Å². The Balaban J connectivity index is 1.55. The van der Waals surface area contributed by atoms with Crippen molar-refractivity contribution in [3.05, 3.63) is 46.4 Å². The maximum Gasteiger partial charge on any atom is 0.251 e. The molecule has 0 atom stereocenters. The molecule has 2 aromatic rings. The highest BCUT2D eigenvalue weighted by molar-refractivity contribution is 7.07. The first-order valence-electron chi connectivity index (χ1n) is 8.25. The Morgan fingerprint density at radius 2 is 2.17 bits per heavy atom. The maximum atomic E-state index is 12.3. The van der Waals surface area contributed by atoms with Gasteiger partial charge >= 0.3 is 0 Å². The highest BCUT2D eigenvalue weighted by Crippen LogP contribution is 2.27. The van der Waals surface area contributed by atoms with E-state index < -0.39 is 5.60 Å². The van der Waals surface area contributed by atoms with Crippen LogP contribution in [-0.4, -0.2) is 28.1 Å². The number of carbonyl (C=O) groups is 1. The monoisotopic (exact) mass is 346 g/mol. The van der Waals surface area contributed by atoms with Crippen molar-refractivity contribution in [2.75, 3.05) is 6.54 Å². The summed E-state index contributed by atoms with van der Waals surface area (Å²) in [5.74, 6) is 0.445. The molecular weight excluding hydrogens is 324 g/mol.